The van der Waals surface area contributed by atoms with Crippen LogP contribution < -0.4 is 0 Å². The first-order valence-corrected chi connectivity index (χ1v) is 8.64. The first-order valence-electron chi connectivity index (χ1n) is 8.64. The molecule has 154 valence electrons. The van der Waals surface area contributed by atoms with Crippen molar-refractivity contribution in [3.05, 3.63) is 40.4 Å². The van der Waals surface area contributed by atoms with E-state index in [0.29, 0.717) is 12.5 Å². The predicted octanol–water partition coefficient (Wildman–Crippen LogP) is 3.65. The van der Waals surface area contributed by atoms with E-state index in [1.807, 2.05) is 0 Å². The van der Waals surface area contributed by atoms with Gasteiger partial charge in [-0.1, -0.05) is 13.8 Å². The van der Waals surface area contributed by atoms with Gasteiger partial charge in [0.15, 0.2) is 5.78 Å². The molecule has 0 saturated carbocycles. The lowest BCUT2D eigenvalue weighted by Crippen LogP contribution is -2.34. The number of alkyl halides is 3. The van der Waals surface area contributed by atoms with Gasteiger partial charge in [-0.2, -0.15) is 13.2 Å². The number of aliphatic hydroxyl groups excluding tert-OH is 1. The summed E-state index contributed by atoms with van der Waals surface area (Å²) in [6.07, 6.45) is -4.20. The van der Waals surface area contributed by atoms with E-state index in [1.54, 1.807) is 13.8 Å². The number of ketones is 2. The van der Waals surface area contributed by atoms with Gasteiger partial charge in [0, 0.05) is 24.5 Å². The van der Waals surface area contributed by atoms with Crippen molar-refractivity contribution in [1.29, 1.82) is 0 Å². The fraction of sp³-hybridized carbons (Fsp3) is 0.526. The number of methoxy groups -OCH3 is 1. The van der Waals surface area contributed by atoms with Crippen LogP contribution in [0.25, 0.3) is 0 Å². The molecule has 0 radical (unpaired) electrons. The number of aromatic nitrogens is 1. The van der Waals surface area contributed by atoms with Gasteiger partial charge >= 0.3 is 6.18 Å². The van der Waals surface area contributed by atoms with E-state index in [2.05, 4.69) is 4.98 Å². The average Bonchev–Trinajstić information content (AvgIpc) is 2.61. The van der Waals surface area contributed by atoms with Crippen LogP contribution in [0, 0.1) is 5.41 Å². The summed E-state index contributed by atoms with van der Waals surface area (Å²) in [5.41, 5.74) is -2.91. The Morgan fingerprint density at radius 1 is 1.29 bits per heavy atom. The molecule has 0 unspecified atom stereocenters. The zero-order valence-corrected chi connectivity index (χ0v) is 15.9. The van der Waals surface area contributed by atoms with E-state index in [-0.39, 0.29) is 43.3 Å². The molecule has 1 N–H and O–H groups in total. The SMILES string of the molecule is COCCOCc1nc(C(F)(F)F)ccc1C(=O)C1=C(O)CCC(C)(C)C1=O. The van der Waals surface area contributed by atoms with E-state index in [9.17, 15) is 27.9 Å². The number of pyridine rings is 1. The van der Waals surface area contributed by atoms with Gasteiger partial charge in [0.1, 0.15) is 17.0 Å². The highest BCUT2D eigenvalue weighted by Crippen LogP contribution is 2.37. The molecule has 1 aliphatic rings. The van der Waals surface area contributed by atoms with Crippen LogP contribution in [0.4, 0.5) is 13.2 Å². The zero-order valence-electron chi connectivity index (χ0n) is 15.9. The summed E-state index contributed by atoms with van der Waals surface area (Å²) in [5, 5.41) is 10.1. The van der Waals surface area contributed by atoms with Crippen LogP contribution in [-0.4, -0.2) is 42.0 Å². The maximum absolute atomic E-state index is 13.0. The third kappa shape index (κ3) is 4.77. The van der Waals surface area contributed by atoms with E-state index in [1.165, 1.54) is 7.11 Å². The Labute approximate surface area is 160 Å². The Morgan fingerprint density at radius 3 is 2.57 bits per heavy atom. The van der Waals surface area contributed by atoms with Gasteiger partial charge < -0.3 is 14.6 Å². The van der Waals surface area contributed by atoms with Crippen molar-refractivity contribution < 1.29 is 37.3 Å². The molecule has 0 aromatic carbocycles. The van der Waals surface area contributed by atoms with Crippen molar-refractivity contribution >= 4 is 11.6 Å². The molecule has 0 fully saturated rings. The molecule has 9 heteroatoms. The molecule has 1 aromatic heterocycles. The fourth-order valence-electron chi connectivity index (χ4n) is 2.79. The van der Waals surface area contributed by atoms with Crippen molar-refractivity contribution in [2.75, 3.05) is 20.3 Å². The van der Waals surface area contributed by atoms with Crippen molar-refractivity contribution in [3.63, 3.8) is 0 Å². The predicted molar refractivity (Wildman–Crippen MR) is 92.8 cm³/mol. The van der Waals surface area contributed by atoms with E-state index in [4.69, 9.17) is 9.47 Å². The second kappa shape index (κ2) is 8.40. The normalized spacial score (nSPS) is 17.1. The van der Waals surface area contributed by atoms with Crippen LogP contribution in [0.3, 0.4) is 0 Å². The third-order valence-corrected chi connectivity index (χ3v) is 4.52. The van der Waals surface area contributed by atoms with Gasteiger partial charge in [-0.05, 0) is 18.6 Å². The minimum Gasteiger partial charge on any atom is -0.511 e. The minimum atomic E-state index is -4.70. The maximum atomic E-state index is 13.0. The number of hydrogen-bond donors (Lipinski definition) is 1. The van der Waals surface area contributed by atoms with Crippen LogP contribution in [0.5, 0.6) is 0 Å². The molecule has 0 saturated heterocycles. The Hall–Kier alpha value is -2.26. The molecular formula is C19H22F3NO5. The number of ether oxygens (including phenoxy) is 2. The Balaban J connectivity index is 2.45. The van der Waals surface area contributed by atoms with Gasteiger partial charge in [-0.25, -0.2) is 4.98 Å². The summed E-state index contributed by atoms with van der Waals surface area (Å²) < 4.78 is 49.1. The van der Waals surface area contributed by atoms with Crippen molar-refractivity contribution in [1.82, 2.24) is 4.98 Å². The second-order valence-corrected chi connectivity index (χ2v) is 7.10. The Bertz CT molecular complexity index is 799. The van der Waals surface area contributed by atoms with Crippen LogP contribution in [0.15, 0.2) is 23.5 Å². The van der Waals surface area contributed by atoms with Gasteiger partial charge in [-0.15, -0.1) is 0 Å². The summed E-state index contributed by atoms with van der Waals surface area (Å²) >= 11 is 0. The number of carbonyl (C=O) groups excluding carboxylic acids is 2. The molecule has 0 spiro atoms. The molecule has 0 atom stereocenters. The summed E-state index contributed by atoms with van der Waals surface area (Å²) in [7, 11) is 1.44. The summed E-state index contributed by atoms with van der Waals surface area (Å²) in [6.45, 7) is 3.21. The summed E-state index contributed by atoms with van der Waals surface area (Å²) in [5.74, 6) is -1.77. The van der Waals surface area contributed by atoms with E-state index >= 15 is 0 Å². The zero-order chi connectivity index (χ0) is 21.1. The molecule has 0 amide bonds. The highest BCUT2D eigenvalue weighted by atomic mass is 19.4. The van der Waals surface area contributed by atoms with Gasteiger partial charge in [0.05, 0.1) is 25.5 Å². The molecule has 28 heavy (non-hydrogen) atoms. The second-order valence-electron chi connectivity index (χ2n) is 7.10. The van der Waals surface area contributed by atoms with Crippen LogP contribution in [0.2, 0.25) is 0 Å². The number of nitrogens with zero attached hydrogens (tertiary/aromatic N) is 1. The molecule has 1 aliphatic carbocycles. The van der Waals surface area contributed by atoms with Gasteiger partial charge in [-0.3, -0.25) is 9.59 Å². The molecule has 0 bridgehead atoms. The highest BCUT2D eigenvalue weighted by molar-refractivity contribution is 6.28. The lowest BCUT2D eigenvalue weighted by atomic mass is 9.73. The van der Waals surface area contributed by atoms with Crippen LogP contribution in [0.1, 0.15) is 48.4 Å². The van der Waals surface area contributed by atoms with Crippen molar-refractivity contribution in [3.8, 4) is 0 Å². The Morgan fingerprint density at radius 2 is 1.96 bits per heavy atom. The molecule has 1 heterocycles. The monoisotopic (exact) mass is 401 g/mol. The number of rotatable bonds is 7. The molecule has 2 rings (SSSR count). The Kier molecular flexibility index (Phi) is 6.61. The highest BCUT2D eigenvalue weighted by Gasteiger charge is 2.40. The van der Waals surface area contributed by atoms with Crippen molar-refractivity contribution in [2.24, 2.45) is 5.41 Å². The molecule has 6 nitrogen and oxygen atoms in total. The molecule has 0 aliphatic heterocycles. The average molecular weight is 401 g/mol. The number of aliphatic hydroxyl groups is 1. The van der Waals surface area contributed by atoms with Gasteiger partial charge in [0.25, 0.3) is 0 Å². The summed E-state index contributed by atoms with van der Waals surface area (Å²) in [4.78, 5) is 29.1. The maximum Gasteiger partial charge on any atom is 0.433 e. The van der Waals surface area contributed by atoms with E-state index in [0.717, 1.165) is 6.07 Å². The van der Waals surface area contributed by atoms with Gasteiger partial charge in [0.2, 0.25) is 5.78 Å². The number of allylic oxidation sites excluding steroid dienone is 2. The first-order chi connectivity index (χ1) is 13.0. The smallest absolute Gasteiger partial charge is 0.433 e. The molecule has 1 aromatic rings. The van der Waals surface area contributed by atoms with Crippen LogP contribution >= 0.6 is 0 Å². The fourth-order valence-corrected chi connectivity index (χ4v) is 2.79. The number of halogens is 3. The lowest BCUT2D eigenvalue weighted by molar-refractivity contribution is -0.141. The number of hydrogen-bond acceptors (Lipinski definition) is 6. The minimum absolute atomic E-state index is 0.0853. The third-order valence-electron chi connectivity index (χ3n) is 4.52. The van der Waals surface area contributed by atoms with Crippen LogP contribution in [-0.2, 0) is 27.1 Å². The topological polar surface area (TPSA) is 85.7 Å². The summed E-state index contributed by atoms with van der Waals surface area (Å²) in [6, 6.07) is 1.63. The number of carbonyl (C=O) groups is 2. The van der Waals surface area contributed by atoms with E-state index < -0.39 is 34.4 Å². The number of Topliss-reactive ketones (excluding diaryl/α,β-unsaturated/α-hetero) is 2. The largest absolute Gasteiger partial charge is 0.511 e. The molecular weight excluding hydrogens is 379 g/mol. The standard InChI is InChI=1S/C19H22F3NO5/c1-18(2)7-6-13(24)15(17(18)26)16(25)11-4-5-14(19(20,21)22)23-12(11)10-28-9-8-27-3/h4-5,24H,6-10H2,1-3H3. The lowest BCUT2D eigenvalue weighted by Gasteiger charge is -2.29. The van der Waals surface area contributed by atoms with Crippen molar-refractivity contribution in [2.45, 2.75) is 39.5 Å². The first kappa shape index (κ1) is 22.0. The quantitative estimate of drug-likeness (QED) is 0.427.